The maximum atomic E-state index is 9.52. The number of aliphatic hydroxyl groups excluding tert-OH is 1. The van der Waals surface area contributed by atoms with Crippen molar-refractivity contribution in [3.63, 3.8) is 0 Å². The third-order valence-corrected chi connectivity index (χ3v) is 2.00. The van der Waals surface area contributed by atoms with Crippen molar-refractivity contribution in [3.05, 3.63) is 28.8 Å². The number of ether oxygens (including phenoxy) is 1. The molecule has 84 valence electrons. The smallest absolute Gasteiger partial charge is 0.202 e. The lowest BCUT2D eigenvalue weighted by molar-refractivity contribution is -0.105. The molecule has 0 saturated heterocycles. The molecule has 1 aromatic rings. The fourth-order valence-electron chi connectivity index (χ4n) is 1.23. The summed E-state index contributed by atoms with van der Waals surface area (Å²) in [6, 6.07) is 5.09. The monoisotopic (exact) mass is 230 g/mol. The summed E-state index contributed by atoms with van der Waals surface area (Å²) in [6.45, 7) is 3.11. The van der Waals surface area contributed by atoms with Gasteiger partial charge in [0.15, 0.2) is 0 Å². The Morgan fingerprint density at radius 1 is 1.40 bits per heavy atom. The minimum atomic E-state index is -1.24. The van der Waals surface area contributed by atoms with Gasteiger partial charge in [0, 0.05) is 25.5 Å². The van der Waals surface area contributed by atoms with E-state index in [1.807, 2.05) is 0 Å². The van der Waals surface area contributed by atoms with Crippen molar-refractivity contribution in [2.75, 3.05) is 6.61 Å². The molecule has 0 saturated carbocycles. The predicted octanol–water partition coefficient (Wildman–Crippen LogP) is 1.98. The molecule has 0 aromatic heterocycles. The van der Waals surface area contributed by atoms with E-state index < -0.39 is 5.79 Å². The average molecular weight is 231 g/mol. The fourth-order valence-corrected chi connectivity index (χ4v) is 1.43. The van der Waals surface area contributed by atoms with Gasteiger partial charge in [0.2, 0.25) is 5.79 Å². The van der Waals surface area contributed by atoms with Crippen molar-refractivity contribution in [2.45, 2.75) is 26.1 Å². The molecule has 1 rings (SSSR count). The highest BCUT2D eigenvalue weighted by Gasteiger charge is 2.16. The van der Waals surface area contributed by atoms with Crippen molar-refractivity contribution in [1.82, 2.24) is 0 Å². The van der Waals surface area contributed by atoms with Crippen LogP contribution in [0.15, 0.2) is 18.2 Å². The summed E-state index contributed by atoms with van der Waals surface area (Å²) in [5.74, 6) is -0.696. The molecule has 0 aliphatic carbocycles. The maximum Gasteiger partial charge on any atom is 0.202 e. The topological polar surface area (TPSA) is 49.7 Å². The first-order valence-electron chi connectivity index (χ1n) is 4.73. The van der Waals surface area contributed by atoms with Crippen molar-refractivity contribution < 1.29 is 14.9 Å². The van der Waals surface area contributed by atoms with Crippen LogP contribution < -0.4 is 4.74 Å². The van der Waals surface area contributed by atoms with Gasteiger partial charge in [-0.3, -0.25) is 0 Å². The summed E-state index contributed by atoms with van der Waals surface area (Å²) in [4.78, 5) is 0. The molecule has 15 heavy (non-hydrogen) atoms. The molecule has 0 spiro atoms. The van der Waals surface area contributed by atoms with Gasteiger partial charge in [-0.05, 0) is 30.2 Å². The van der Waals surface area contributed by atoms with Gasteiger partial charge in [0.05, 0.1) is 0 Å². The minimum absolute atomic E-state index is 0.0164. The van der Waals surface area contributed by atoms with Gasteiger partial charge in [-0.2, -0.15) is 0 Å². The van der Waals surface area contributed by atoms with Crippen molar-refractivity contribution in [1.29, 1.82) is 0 Å². The molecular formula is C11H15ClO3. The van der Waals surface area contributed by atoms with Gasteiger partial charge in [-0.1, -0.05) is 11.6 Å². The number of halogens is 1. The standard InChI is InChI=1S/C11H15ClO3/c1-11(2,14)15-10-4-3-9(12)7-8(10)5-6-13/h3-4,7,13-14H,5-6H2,1-2H3. The lowest BCUT2D eigenvalue weighted by atomic mass is 10.1. The lowest BCUT2D eigenvalue weighted by Crippen LogP contribution is -2.27. The van der Waals surface area contributed by atoms with Crippen LogP contribution >= 0.6 is 11.6 Å². The third kappa shape index (κ3) is 4.08. The Morgan fingerprint density at radius 2 is 2.07 bits per heavy atom. The molecule has 0 aliphatic rings. The van der Waals surface area contributed by atoms with Gasteiger partial charge in [0.1, 0.15) is 5.75 Å². The Balaban J connectivity index is 2.95. The van der Waals surface area contributed by atoms with Crippen LogP contribution in [0.5, 0.6) is 5.75 Å². The van der Waals surface area contributed by atoms with Crippen LogP contribution in [0.2, 0.25) is 5.02 Å². The van der Waals surface area contributed by atoms with Gasteiger partial charge in [-0.15, -0.1) is 0 Å². The zero-order chi connectivity index (χ0) is 11.5. The predicted molar refractivity (Wildman–Crippen MR) is 59.2 cm³/mol. The highest BCUT2D eigenvalue weighted by atomic mass is 35.5. The molecule has 2 N–H and O–H groups in total. The fraction of sp³-hybridized carbons (Fsp3) is 0.455. The SMILES string of the molecule is CC(C)(O)Oc1ccc(Cl)cc1CCO. The highest BCUT2D eigenvalue weighted by molar-refractivity contribution is 6.30. The van der Waals surface area contributed by atoms with E-state index in [-0.39, 0.29) is 6.61 Å². The van der Waals surface area contributed by atoms with E-state index in [1.54, 1.807) is 32.0 Å². The molecule has 0 fully saturated rings. The summed E-state index contributed by atoms with van der Waals surface area (Å²) in [6.07, 6.45) is 0.450. The number of hydrogen-bond acceptors (Lipinski definition) is 3. The summed E-state index contributed by atoms with van der Waals surface area (Å²) < 4.78 is 5.33. The molecule has 0 unspecified atom stereocenters. The second-order valence-corrected chi connectivity index (χ2v) is 4.21. The first-order valence-corrected chi connectivity index (χ1v) is 5.11. The number of aliphatic hydroxyl groups is 2. The molecule has 0 heterocycles. The van der Waals surface area contributed by atoms with Crippen molar-refractivity contribution in [3.8, 4) is 5.75 Å². The molecule has 0 radical (unpaired) electrons. The Morgan fingerprint density at radius 3 is 2.60 bits per heavy atom. The first kappa shape index (κ1) is 12.3. The molecule has 0 amide bonds. The van der Waals surface area contributed by atoms with Gasteiger partial charge in [-0.25, -0.2) is 0 Å². The second-order valence-electron chi connectivity index (χ2n) is 3.77. The van der Waals surface area contributed by atoms with E-state index in [9.17, 15) is 5.11 Å². The zero-order valence-electron chi connectivity index (χ0n) is 8.83. The zero-order valence-corrected chi connectivity index (χ0v) is 9.58. The summed E-state index contributed by atoms with van der Waals surface area (Å²) >= 11 is 5.82. The van der Waals surface area contributed by atoms with E-state index in [1.165, 1.54) is 0 Å². The van der Waals surface area contributed by atoms with Crippen LogP contribution in [0.25, 0.3) is 0 Å². The van der Waals surface area contributed by atoms with E-state index in [4.69, 9.17) is 21.4 Å². The summed E-state index contributed by atoms with van der Waals surface area (Å²) in [5.41, 5.74) is 0.784. The molecular weight excluding hydrogens is 216 g/mol. The second kappa shape index (κ2) is 4.84. The van der Waals surface area contributed by atoms with Crippen LogP contribution in [0, 0.1) is 0 Å². The van der Waals surface area contributed by atoms with E-state index in [0.29, 0.717) is 17.2 Å². The first-order chi connectivity index (χ1) is 6.92. The minimum Gasteiger partial charge on any atom is -0.463 e. The van der Waals surface area contributed by atoms with Crippen molar-refractivity contribution >= 4 is 11.6 Å². The highest BCUT2D eigenvalue weighted by Crippen LogP contribution is 2.26. The normalized spacial score (nSPS) is 11.5. The van der Waals surface area contributed by atoms with Crippen LogP contribution in [-0.2, 0) is 6.42 Å². The Hall–Kier alpha value is -0.770. The molecule has 4 heteroatoms. The number of rotatable bonds is 4. The van der Waals surface area contributed by atoms with Crippen LogP contribution in [-0.4, -0.2) is 22.6 Å². The van der Waals surface area contributed by atoms with E-state index in [0.717, 1.165) is 5.56 Å². The Bertz CT molecular complexity index is 331. The summed E-state index contributed by atoms with van der Waals surface area (Å²) in [5, 5.41) is 19.0. The Kier molecular flexibility index (Phi) is 3.97. The van der Waals surface area contributed by atoms with E-state index >= 15 is 0 Å². The lowest BCUT2D eigenvalue weighted by Gasteiger charge is -2.21. The number of benzene rings is 1. The number of hydrogen-bond donors (Lipinski definition) is 2. The van der Waals surface area contributed by atoms with Gasteiger partial charge >= 0.3 is 0 Å². The Labute approximate surface area is 94.3 Å². The quantitative estimate of drug-likeness (QED) is 0.778. The largest absolute Gasteiger partial charge is 0.463 e. The van der Waals surface area contributed by atoms with Gasteiger partial charge < -0.3 is 14.9 Å². The molecule has 0 aliphatic heterocycles. The molecule has 0 bridgehead atoms. The van der Waals surface area contributed by atoms with Crippen LogP contribution in [0.3, 0.4) is 0 Å². The maximum absolute atomic E-state index is 9.52. The average Bonchev–Trinajstić information content (AvgIpc) is 2.08. The summed E-state index contributed by atoms with van der Waals surface area (Å²) in [7, 11) is 0. The third-order valence-electron chi connectivity index (χ3n) is 1.76. The van der Waals surface area contributed by atoms with E-state index in [2.05, 4.69) is 0 Å². The molecule has 3 nitrogen and oxygen atoms in total. The molecule has 1 aromatic carbocycles. The van der Waals surface area contributed by atoms with Gasteiger partial charge in [0.25, 0.3) is 0 Å². The van der Waals surface area contributed by atoms with Crippen LogP contribution in [0.1, 0.15) is 19.4 Å². The van der Waals surface area contributed by atoms with Crippen molar-refractivity contribution in [2.24, 2.45) is 0 Å². The van der Waals surface area contributed by atoms with Crippen LogP contribution in [0.4, 0.5) is 0 Å². The molecule has 0 atom stereocenters.